The number of halogens is 12. The number of benzene rings is 2. The van der Waals surface area contributed by atoms with Gasteiger partial charge in [-0.2, -0.15) is 0 Å². The van der Waals surface area contributed by atoms with Crippen LogP contribution in [0.5, 0.6) is 0 Å². The topological polar surface area (TPSA) is 0 Å². The van der Waals surface area contributed by atoms with Crippen molar-refractivity contribution < 1.29 is 104 Å². The molecule has 0 atom stereocenters. The first-order valence-corrected chi connectivity index (χ1v) is 5.90. The van der Waals surface area contributed by atoms with Crippen LogP contribution in [0.3, 0.4) is 0 Å². The molecule has 0 heterocycles. The molecule has 0 aliphatic heterocycles. The first kappa shape index (κ1) is 23.3. The van der Waals surface area contributed by atoms with Crippen LogP contribution in [0.15, 0.2) is 0 Å². The van der Waals surface area contributed by atoms with E-state index in [1.165, 1.54) is 0 Å². The molecule has 0 aliphatic rings. The van der Waals surface area contributed by atoms with Crippen LogP contribution in [0, 0.1) is 58.2 Å². The zero-order valence-electron chi connectivity index (χ0n) is 12.1. The average Bonchev–Trinajstić information content (AvgIpc) is 2.54. The van der Waals surface area contributed by atoms with Gasteiger partial charge in [0.1, 0.15) is 23.3 Å². The van der Waals surface area contributed by atoms with E-state index >= 15 is 0 Å². The molecule has 0 fully saturated rings. The van der Waals surface area contributed by atoms with Gasteiger partial charge in [0, 0.05) is 0 Å². The molecule has 0 N–H and O–H groups in total. The Balaban J connectivity index is 0.00000338. The van der Waals surface area contributed by atoms with Crippen LogP contribution >= 0.6 is 0 Å². The Morgan fingerprint density at radius 1 is 0.346 bits per heavy atom. The maximum absolute atomic E-state index is 14.1. The Labute approximate surface area is 178 Å². The minimum Gasteiger partial charge on any atom is -0.469 e. The Kier molecular flexibility index (Phi) is 6.94. The normalized spacial score (nSPS) is 11.5. The summed E-state index contributed by atoms with van der Waals surface area (Å²) in [6, 6.07) is 0. The van der Waals surface area contributed by atoms with Crippen molar-refractivity contribution in [2.45, 2.75) is 0 Å². The summed E-state index contributed by atoms with van der Waals surface area (Å²) in [6.07, 6.45) is 0. The van der Waals surface area contributed by atoms with Crippen molar-refractivity contribution in [1.82, 2.24) is 0 Å². The zero-order chi connectivity index (χ0) is 19.4. The molecule has 0 bridgehead atoms. The van der Waals surface area contributed by atoms with Gasteiger partial charge in [0.15, 0.2) is 34.9 Å². The number of rotatable bonds is 2. The summed E-state index contributed by atoms with van der Waals surface area (Å²) in [4.78, 5) is 0. The summed E-state index contributed by atoms with van der Waals surface area (Å²) in [5.41, 5.74) is -6.03. The fourth-order valence-corrected chi connectivity index (χ4v) is 2.02. The first-order valence-electron chi connectivity index (χ1n) is 5.90. The van der Waals surface area contributed by atoms with Gasteiger partial charge >= 0.3 is 58.1 Å². The van der Waals surface area contributed by atoms with Crippen LogP contribution in [0.2, 0.25) is 0 Å². The third-order valence-electron chi connectivity index (χ3n) is 3.21. The Morgan fingerprint density at radius 3 is 0.692 bits per heavy atom. The van der Waals surface area contributed by atoms with E-state index in [0.29, 0.717) is 0 Å². The van der Waals surface area contributed by atoms with Crippen LogP contribution in [0.4, 0.5) is 52.5 Å². The van der Waals surface area contributed by atoms with E-state index < -0.39 is 75.8 Å². The quantitative estimate of drug-likeness (QED) is 0.288. The smallest absolute Gasteiger partial charge is 0.469 e. The average molecular weight is 422 g/mol. The van der Waals surface area contributed by atoms with Crippen molar-refractivity contribution >= 4 is 17.6 Å². The molecule has 2 rings (SSSR count). The molecular weight excluding hydrogens is 422 g/mol. The van der Waals surface area contributed by atoms with Crippen LogP contribution < -0.4 is 62.3 Å². The molecule has 0 unspecified atom stereocenters. The van der Waals surface area contributed by atoms with Crippen molar-refractivity contribution in [3.8, 4) is 0 Å². The molecule has 0 saturated heterocycles. The third kappa shape index (κ3) is 3.30. The molecule has 0 saturated carbocycles. The zero-order valence-corrected chi connectivity index (χ0v) is 15.2. The molecular formula is C12BF12K. The van der Waals surface area contributed by atoms with Crippen molar-refractivity contribution in [2.75, 3.05) is 0 Å². The summed E-state index contributed by atoms with van der Waals surface area (Å²) >= 11 is 0. The van der Waals surface area contributed by atoms with Gasteiger partial charge in [-0.1, -0.05) is 10.9 Å². The van der Waals surface area contributed by atoms with E-state index in [0.717, 1.165) is 0 Å². The van der Waals surface area contributed by atoms with Crippen molar-refractivity contribution in [2.24, 2.45) is 0 Å². The summed E-state index contributed by atoms with van der Waals surface area (Å²) in [5, 5.41) is 0. The van der Waals surface area contributed by atoms with Gasteiger partial charge in [0.05, 0.1) is 0 Å². The van der Waals surface area contributed by atoms with Gasteiger partial charge in [0.2, 0.25) is 0 Å². The standard InChI is InChI=1S/C12BF12.K/c14-3-1(4(15)8(19)11(22)7(3)18)13(24,25)2-5(16)9(20)12(23)10(21)6(2)17;/q-1;+1. The van der Waals surface area contributed by atoms with E-state index in [-0.39, 0.29) is 51.4 Å². The first-order chi connectivity index (χ1) is 11.4. The SMILES string of the molecule is Fc1c(F)c(F)c([B-](F)(F)c2c(F)c(F)c(F)c(F)c2F)c(F)c1F.[K+]. The molecule has 2 aromatic rings. The fraction of sp³-hybridized carbons (Fsp3) is 0. The van der Waals surface area contributed by atoms with Crippen LogP contribution in [-0.4, -0.2) is 6.70 Å². The van der Waals surface area contributed by atoms with Crippen LogP contribution in [0.1, 0.15) is 0 Å². The molecule has 0 aromatic heterocycles. The molecule has 0 radical (unpaired) electrons. The predicted octanol–water partition coefficient (Wildman–Crippen LogP) is 0.577. The predicted molar refractivity (Wildman–Crippen MR) is 59.7 cm³/mol. The Bertz CT molecular complexity index is 767. The molecule has 26 heavy (non-hydrogen) atoms. The summed E-state index contributed by atoms with van der Waals surface area (Å²) in [5.74, 6) is -30.0. The number of hydrogen-bond acceptors (Lipinski definition) is 0. The van der Waals surface area contributed by atoms with Gasteiger partial charge in [-0.3, -0.25) is 0 Å². The van der Waals surface area contributed by atoms with Gasteiger partial charge < -0.3 is 8.63 Å². The monoisotopic (exact) mass is 422 g/mol. The number of hydrogen-bond donors (Lipinski definition) is 0. The van der Waals surface area contributed by atoms with Crippen LogP contribution in [-0.2, 0) is 0 Å². The fourth-order valence-electron chi connectivity index (χ4n) is 2.02. The van der Waals surface area contributed by atoms with Crippen molar-refractivity contribution in [3.63, 3.8) is 0 Å². The Morgan fingerprint density at radius 2 is 0.500 bits per heavy atom. The maximum atomic E-state index is 14.1. The second-order valence-corrected chi connectivity index (χ2v) is 4.63. The largest absolute Gasteiger partial charge is 1.00 e. The van der Waals surface area contributed by atoms with Gasteiger partial charge in [-0.05, 0) is 0 Å². The molecule has 136 valence electrons. The van der Waals surface area contributed by atoms with Gasteiger partial charge in [-0.15, -0.1) is 0 Å². The summed E-state index contributed by atoms with van der Waals surface area (Å²) in [6.45, 7) is -6.61. The minimum absolute atomic E-state index is 0. The van der Waals surface area contributed by atoms with E-state index in [9.17, 15) is 52.5 Å². The van der Waals surface area contributed by atoms with Gasteiger partial charge in [-0.25, -0.2) is 43.9 Å². The van der Waals surface area contributed by atoms with E-state index in [4.69, 9.17) is 0 Å². The maximum Gasteiger partial charge on any atom is 1.00 e. The molecule has 0 aliphatic carbocycles. The van der Waals surface area contributed by atoms with E-state index in [1.807, 2.05) is 0 Å². The third-order valence-corrected chi connectivity index (χ3v) is 3.21. The molecule has 2 aromatic carbocycles. The summed E-state index contributed by atoms with van der Waals surface area (Å²) < 4.78 is 160. The molecule has 14 heteroatoms. The molecule has 0 amide bonds. The van der Waals surface area contributed by atoms with E-state index in [2.05, 4.69) is 0 Å². The molecule has 0 spiro atoms. The van der Waals surface area contributed by atoms with Gasteiger partial charge in [0.25, 0.3) is 0 Å². The van der Waals surface area contributed by atoms with E-state index in [1.54, 1.807) is 0 Å². The van der Waals surface area contributed by atoms with Crippen molar-refractivity contribution in [1.29, 1.82) is 0 Å². The second kappa shape index (κ2) is 7.74. The molecule has 0 nitrogen and oxygen atoms in total. The Hall–Kier alpha value is -0.699. The second-order valence-electron chi connectivity index (χ2n) is 4.63. The van der Waals surface area contributed by atoms with Crippen molar-refractivity contribution in [3.05, 3.63) is 58.2 Å². The minimum atomic E-state index is -6.61. The van der Waals surface area contributed by atoms with Crippen LogP contribution in [0.25, 0.3) is 0 Å². The summed E-state index contributed by atoms with van der Waals surface area (Å²) in [7, 11) is 0.